The Kier molecular flexibility index (Phi) is 4.34. The summed E-state index contributed by atoms with van der Waals surface area (Å²) in [6.07, 6.45) is 2.18. The molecular weight excluding hydrogens is 112 g/mol. The SMILES string of the molecule is [CH2]CCOS(C)=O. The molecule has 1 atom stereocenters. The van der Waals surface area contributed by atoms with Crippen molar-refractivity contribution in [3.05, 3.63) is 6.92 Å². The third kappa shape index (κ3) is 6.11. The van der Waals surface area contributed by atoms with E-state index in [1.807, 2.05) is 0 Å². The van der Waals surface area contributed by atoms with E-state index in [1.165, 1.54) is 6.26 Å². The molecule has 0 aromatic heterocycles. The summed E-state index contributed by atoms with van der Waals surface area (Å²) in [5, 5.41) is 0. The average Bonchev–Trinajstić information content (AvgIpc) is 1.61. The lowest BCUT2D eigenvalue weighted by Crippen LogP contribution is -1.93. The van der Waals surface area contributed by atoms with Gasteiger partial charge in [0.05, 0.1) is 6.61 Å². The minimum atomic E-state index is -1.11. The van der Waals surface area contributed by atoms with Gasteiger partial charge in [-0.2, -0.15) is 0 Å². The minimum Gasteiger partial charge on any atom is -0.291 e. The molecule has 0 N–H and O–H groups in total. The summed E-state index contributed by atoms with van der Waals surface area (Å²) in [5.74, 6) is 0. The Morgan fingerprint density at radius 2 is 2.43 bits per heavy atom. The zero-order chi connectivity index (χ0) is 5.70. The lowest BCUT2D eigenvalue weighted by Gasteiger charge is -1.91. The summed E-state index contributed by atoms with van der Waals surface area (Å²) >= 11 is -1.11. The van der Waals surface area contributed by atoms with Gasteiger partial charge in [0.1, 0.15) is 0 Å². The maximum absolute atomic E-state index is 10.1. The Bertz CT molecular complexity index is 62.7. The highest BCUT2D eigenvalue weighted by Gasteiger charge is 1.83. The minimum absolute atomic E-state index is 0.489. The molecule has 0 aliphatic heterocycles. The predicted octanol–water partition coefficient (Wildman–Crippen LogP) is 0.521. The summed E-state index contributed by atoms with van der Waals surface area (Å²) in [4.78, 5) is 0. The molecule has 0 saturated carbocycles. The normalized spacial score (nSPS) is 14.0. The van der Waals surface area contributed by atoms with Gasteiger partial charge in [0.25, 0.3) is 0 Å². The van der Waals surface area contributed by atoms with Crippen LogP contribution in [0.4, 0.5) is 0 Å². The van der Waals surface area contributed by atoms with E-state index in [2.05, 4.69) is 11.1 Å². The molecule has 7 heavy (non-hydrogen) atoms. The van der Waals surface area contributed by atoms with Crippen molar-refractivity contribution in [1.82, 2.24) is 0 Å². The standard InChI is InChI=1S/C4H9O2S/c1-3-4-6-7(2)5/h1,3-4H2,2H3. The summed E-state index contributed by atoms with van der Waals surface area (Å²) in [6, 6.07) is 0. The molecule has 43 valence electrons. The van der Waals surface area contributed by atoms with Gasteiger partial charge in [0.15, 0.2) is 11.1 Å². The first kappa shape index (κ1) is 7.11. The van der Waals surface area contributed by atoms with E-state index in [4.69, 9.17) is 0 Å². The van der Waals surface area contributed by atoms with Crippen LogP contribution < -0.4 is 0 Å². The Labute approximate surface area is 46.5 Å². The van der Waals surface area contributed by atoms with Crippen molar-refractivity contribution in [2.24, 2.45) is 0 Å². The zero-order valence-electron chi connectivity index (χ0n) is 4.35. The van der Waals surface area contributed by atoms with Crippen molar-refractivity contribution in [2.75, 3.05) is 12.9 Å². The van der Waals surface area contributed by atoms with Crippen molar-refractivity contribution >= 4 is 11.1 Å². The van der Waals surface area contributed by atoms with Crippen LogP contribution in [0.5, 0.6) is 0 Å². The van der Waals surface area contributed by atoms with Gasteiger partial charge in [-0.3, -0.25) is 4.18 Å². The molecule has 0 aromatic rings. The number of rotatable bonds is 3. The molecule has 0 bridgehead atoms. The van der Waals surface area contributed by atoms with E-state index < -0.39 is 11.1 Å². The van der Waals surface area contributed by atoms with E-state index in [-0.39, 0.29) is 0 Å². The van der Waals surface area contributed by atoms with Gasteiger partial charge in [-0.25, -0.2) is 4.21 Å². The fourth-order valence-electron chi connectivity index (χ4n) is 0.176. The lowest BCUT2D eigenvalue weighted by molar-refractivity contribution is 0.357. The molecule has 0 amide bonds. The number of hydrogen-bond acceptors (Lipinski definition) is 2. The molecule has 0 fully saturated rings. The van der Waals surface area contributed by atoms with Crippen LogP contribution >= 0.6 is 0 Å². The number of hydrogen-bond donors (Lipinski definition) is 0. The van der Waals surface area contributed by atoms with Gasteiger partial charge in [0, 0.05) is 6.26 Å². The maximum atomic E-state index is 10.1. The second-order valence-electron chi connectivity index (χ2n) is 1.08. The van der Waals surface area contributed by atoms with Crippen molar-refractivity contribution in [2.45, 2.75) is 6.42 Å². The van der Waals surface area contributed by atoms with Crippen molar-refractivity contribution in [3.63, 3.8) is 0 Å². The molecule has 1 radical (unpaired) electrons. The molecular formula is C4H9O2S. The molecule has 1 unspecified atom stereocenters. The van der Waals surface area contributed by atoms with Crippen LogP contribution in [0.15, 0.2) is 0 Å². The monoisotopic (exact) mass is 121 g/mol. The second-order valence-corrected chi connectivity index (χ2v) is 2.12. The highest BCUT2D eigenvalue weighted by atomic mass is 32.2. The zero-order valence-corrected chi connectivity index (χ0v) is 5.16. The van der Waals surface area contributed by atoms with Crippen molar-refractivity contribution < 1.29 is 8.39 Å². The first-order valence-corrected chi connectivity index (χ1v) is 3.51. The fraction of sp³-hybridized carbons (Fsp3) is 0.750. The molecule has 0 aromatic carbocycles. The molecule has 0 rings (SSSR count). The summed E-state index contributed by atoms with van der Waals surface area (Å²) < 4.78 is 14.7. The quantitative estimate of drug-likeness (QED) is 0.544. The van der Waals surface area contributed by atoms with E-state index in [0.29, 0.717) is 13.0 Å². The van der Waals surface area contributed by atoms with Gasteiger partial charge in [-0.15, -0.1) is 0 Å². The Morgan fingerprint density at radius 3 is 2.57 bits per heavy atom. The van der Waals surface area contributed by atoms with Crippen LogP contribution in [-0.2, 0) is 15.3 Å². The second kappa shape index (κ2) is 4.27. The Hall–Kier alpha value is 0.110. The van der Waals surface area contributed by atoms with Gasteiger partial charge >= 0.3 is 0 Å². The van der Waals surface area contributed by atoms with E-state index in [9.17, 15) is 4.21 Å². The Balaban J connectivity index is 2.82. The van der Waals surface area contributed by atoms with Gasteiger partial charge in [-0.1, -0.05) is 6.92 Å². The third-order valence-corrected chi connectivity index (χ3v) is 0.892. The molecule has 0 heterocycles. The van der Waals surface area contributed by atoms with Crippen LogP contribution in [-0.4, -0.2) is 17.1 Å². The molecule has 3 heteroatoms. The fourth-order valence-corrected chi connectivity index (χ4v) is 0.529. The van der Waals surface area contributed by atoms with Crippen molar-refractivity contribution in [3.8, 4) is 0 Å². The first-order chi connectivity index (χ1) is 3.27. The average molecular weight is 121 g/mol. The topological polar surface area (TPSA) is 26.3 Å². The maximum Gasteiger partial charge on any atom is 0.152 e. The van der Waals surface area contributed by atoms with E-state index in [1.54, 1.807) is 0 Å². The summed E-state index contributed by atoms with van der Waals surface area (Å²) in [6.45, 7) is 3.99. The smallest absolute Gasteiger partial charge is 0.152 e. The highest BCUT2D eigenvalue weighted by molar-refractivity contribution is 7.79. The van der Waals surface area contributed by atoms with E-state index >= 15 is 0 Å². The van der Waals surface area contributed by atoms with Crippen LogP contribution in [0.1, 0.15) is 6.42 Å². The molecule has 0 saturated heterocycles. The molecule has 0 spiro atoms. The first-order valence-electron chi connectivity index (χ1n) is 2.03. The van der Waals surface area contributed by atoms with Gasteiger partial charge < -0.3 is 0 Å². The highest BCUT2D eigenvalue weighted by Crippen LogP contribution is 1.80. The molecule has 0 aliphatic carbocycles. The lowest BCUT2D eigenvalue weighted by atomic mass is 10.5. The van der Waals surface area contributed by atoms with Crippen LogP contribution in [0.2, 0.25) is 0 Å². The largest absolute Gasteiger partial charge is 0.291 e. The van der Waals surface area contributed by atoms with Gasteiger partial charge in [-0.05, 0) is 6.42 Å². The van der Waals surface area contributed by atoms with Crippen molar-refractivity contribution in [1.29, 1.82) is 0 Å². The molecule has 2 nitrogen and oxygen atoms in total. The van der Waals surface area contributed by atoms with Crippen LogP contribution in [0, 0.1) is 6.92 Å². The Morgan fingerprint density at radius 1 is 1.86 bits per heavy atom. The van der Waals surface area contributed by atoms with E-state index in [0.717, 1.165) is 0 Å². The predicted molar refractivity (Wildman–Crippen MR) is 30.0 cm³/mol. The van der Waals surface area contributed by atoms with Crippen LogP contribution in [0.3, 0.4) is 0 Å². The third-order valence-electron chi connectivity index (χ3n) is 0.394. The summed E-state index contributed by atoms with van der Waals surface area (Å²) in [7, 11) is 0. The van der Waals surface area contributed by atoms with Gasteiger partial charge in [0.2, 0.25) is 0 Å². The summed E-state index contributed by atoms with van der Waals surface area (Å²) in [5.41, 5.74) is 0. The molecule has 0 aliphatic rings. The van der Waals surface area contributed by atoms with Crippen LogP contribution in [0.25, 0.3) is 0 Å².